The second kappa shape index (κ2) is 6.11. The molecule has 100 valence electrons. The maximum Gasteiger partial charge on any atom is 0.320 e. The topological polar surface area (TPSA) is 102 Å². The number of carboxylic acid groups (broad SMARTS) is 1. The Morgan fingerprint density at radius 1 is 1.50 bits per heavy atom. The van der Waals surface area contributed by atoms with Gasteiger partial charge in [-0.2, -0.15) is 0 Å². The van der Waals surface area contributed by atoms with Crippen molar-refractivity contribution in [3.8, 4) is 17.2 Å². The summed E-state index contributed by atoms with van der Waals surface area (Å²) >= 11 is 0. The maximum absolute atomic E-state index is 10.7. The van der Waals surface area contributed by atoms with Gasteiger partial charge in [-0.1, -0.05) is 0 Å². The number of phenols is 1. The number of hydrogen-bond acceptors (Lipinski definition) is 5. The summed E-state index contributed by atoms with van der Waals surface area (Å²) < 4.78 is 10.3. The predicted octanol–water partition coefficient (Wildman–Crippen LogP) is 0.754. The van der Waals surface area contributed by atoms with Crippen LogP contribution < -0.4 is 15.2 Å². The van der Waals surface area contributed by atoms with Crippen LogP contribution in [0.1, 0.15) is 12.5 Å². The van der Waals surface area contributed by atoms with Crippen molar-refractivity contribution in [2.75, 3.05) is 13.7 Å². The predicted molar refractivity (Wildman–Crippen MR) is 65.1 cm³/mol. The van der Waals surface area contributed by atoms with E-state index in [0.29, 0.717) is 17.9 Å². The van der Waals surface area contributed by atoms with E-state index in [2.05, 4.69) is 0 Å². The van der Waals surface area contributed by atoms with Gasteiger partial charge in [0.15, 0.2) is 11.5 Å². The van der Waals surface area contributed by atoms with Crippen molar-refractivity contribution in [1.82, 2.24) is 0 Å². The molecule has 0 aliphatic rings. The Labute approximate surface area is 105 Å². The number of phenolic OH excluding ortho intramolecular Hbond substituents is 1. The fraction of sp³-hybridized carbons (Fsp3) is 0.417. The average molecular weight is 255 g/mol. The molecule has 0 heterocycles. The first kappa shape index (κ1) is 14.1. The van der Waals surface area contributed by atoms with Gasteiger partial charge in [0.2, 0.25) is 5.75 Å². The molecular weight excluding hydrogens is 238 g/mol. The van der Waals surface area contributed by atoms with Gasteiger partial charge in [-0.3, -0.25) is 4.79 Å². The zero-order valence-corrected chi connectivity index (χ0v) is 10.3. The standard InChI is InChI=1S/C12H17NO5/c1-3-18-10-6-7(4-8(13)12(15)16)5-9(14)11(10)17-2/h5-6,8,14H,3-4,13H2,1-2H3,(H,15,16). The second-order valence-electron chi connectivity index (χ2n) is 3.73. The molecular formula is C12H17NO5. The van der Waals surface area contributed by atoms with E-state index >= 15 is 0 Å². The molecule has 0 aromatic heterocycles. The Morgan fingerprint density at radius 2 is 2.17 bits per heavy atom. The van der Waals surface area contributed by atoms with Crippen molar-refractivity contribution in [1.29, 1.82) is 0 Å². The molecule has 18 heavy (non-hydrogen) atoms. The van der Waals surface area contributed by atoms with Crippen LogP contribution in [0.25, 0.3) is 0 Å². The van der Waals surface area contributed by atoms with Crippen molar-refractivity contribution in [3.63, 3.8) is 0 Å². The minimum Gasteiger partial charge on any atom is -0.504 e. The number of rotatable bonds is 6. The number of aliphatic carboxylic acids is 1. The minimum absolute atomic E-state index is 0.101. The first-order chi connectivity index (χ1) is 8.49. The molecule has 0 saturated heterocycles. The van der Waals surface area contributed by atoms with Gasteiger partial charge in [0, 0.05) is 0 Å². The molecule has 1 atom stereocenters. The lowest BCUT2D eigenvalue weighted by Gasteiger charge is -2.14. The number of carbonyl (C=O) groups is 1. The van der Waals surface area contributed by atoms with E-state index in [0.717, 1.165) is 0 Å². The fourth-order valence-corrected chi connectivity index (χ4v) is 1.57. The highest BCUT2D eigenvalue weighted by Gasteiger charge is 2.17. The molecule has 0 aliphatic carbocycles. The van der Waals surface area contributed by atoms with Crippen molar-refractivity contribution in [3.05, 3.63) is 17.7 Å². The molecule has 1 aromatic rings. The average Bonchev–Trinajstić information content (AvgIpc) is 2.29. The normalized spacial score (nSPS) is 11.9. The monoisotopic (exact) mass is 255 g/mol. The van der Waals surface area contributed by atoms with Gasteiger partial charge in [0.05, 0.1) is 13.7 Å². The van der Waals surface area contributed by atoms with E-state index in [1.165, 1.54) is 13.2 Å². The van der Waals surface area contributed by atoms with Crippen molar-refractivity contribution >= 4 is 5.97 Å². The smallest absolute Gasteiger partial charge is 0.320 e. The molecule has 0 radical (unpaired) electrons. The zero-order chi connectivity index (χ0) is 13.7. The molecule has 0 saturated carbocycles. The van der Waals surface area contributed by atoms with Gasteiger partial charge in [0.1, 0.15) is 6.04 Å². The molecule has 0 spiro atoms. The molecule has 1 rings (SSSR count). The lowest BCUT2D eigenvalue weighted by molar-refractivity contribution is -0.138. The quantitative estimate of drug-likeness (QED) is 0.693. The summed E-state index contributed by atoms with van der Waals surface area (Å²) in [4.78, 5) is 10.7. The molecule has 0 amide bonds. The molecule has 1 aromatic carbocycles. The lowest BCUT2D eigenvalue weighted by Crippen LogP contribution is -2.32. The van der Waals surface area contributed by atoms with Crippen LogP contribution in [-0.4, -0.2) is 35.9 Å². The number of carboxylic acids is 1. The highest BCUT2D eigenvalue weighted by Crippen LogP contribution is 2.37. The van der Waals surface area contributed by atoms with E-state index in [1.807, 2.05) is 0 Å². The number of aromatic hydroxyl groups is 1. The van der Waals surface area contributed by atoms with Crippen LogP contribution in [0.5, 0.6) is 17.2 Å². The number of benzene rings is 1. The molecule has 6 heteroatoms. The van der Waals surface area contributed by atoms with E-state index in [1.54, 1.807) is 13.0 Å². The van der Waals surface area contributed by atoms with Gasteiger partial charge in [-0.05, 0) is 31.0 Å². The Morgan fingerprint density at radius 3 is 2.67 bits per heavy atom. The van der Waals surface area contributed by atoms with Crippen molar-refractivity contribution < 1.29 is 24.5 Å². The SMILES string of the molecule is CCOc1cc(CC(N)C(=O)O)cc(O)c1OC. The number of nitrogens with two attached hydrogens (primary N) is 1. The Bertz CT molecular complexity index is 433. The lowest BCUT2D eigenvalue weighted by atomic mass is 10.1. The van der Waals surface area contributed by atoms with E-state index in [4.69, 9.17) is 20.3 Å². The summed E-state index contributed by atoms with van der Waals surface area (Å²) in [5, 5.41) is 18.5. The van der Waals surface area contributed by atoms with Crippen LogP contribution in [0.2, 0.25) is 0 Å². The second-order valence-corrected chi connectivity index (χ2v) is 3.73. The third kappa shape index (κ3) is 3.27. The maximum atomic E-state index is 10.7. The number of methoxy groups -OCH3 is 1. The summed E-state index contributed by atoms with van der Waals surface area (Å²) in [6.45, 7) is 2.20. The summed E-state index contributed by atoms with van der Waals surface area (Å²) in [7, 11) is 1.42. The largest absolute Gasteiger partial charge is 0.504 e. The van der Waals surface area contributed by atoms with Crippen molar-refractivity contribution in [2.45, 2.75) is 19.4 Å². The highest BCUT2D eigenvalue weighted by molar-refractivity contribution is 5.73. The van der Waals surface area contributed by atoms with Crippen LogP contribution >= 0.6 is 0 Å². The third-order valence-electron chi connectivity index (χ3n) is 2.37. The molecule has 0 aliphatic heterocycles. The minimum atomic E-state index is -1.09. The third-order valence-corrected chi connectivity index (χ3v) is 2.37. The fourth-order valence-electron chi connectivity index (χ4n) is 1.57. The first-order valence-electron chi connectivity index (χ1n) is 5.50. The van der Waals surface area contributed by atoms with Crippen LogP contribution in [0.3, 0.4) is 0 Å². The molecule has 1 unspecified atom stereocenters. The van der Waals surface area contributed by atoms with Gasteiger partial charge < -0.3 is 25.4 Å². The molecule has 0 bridgehead atoms. The summed E-state index contributed by atoms with van der Waals surface area (Å²) in [5.41, 5.74) is 6.02. The first-order valence-corrected chi connectivity index (χ1v) is 5.50. The number of ether oxygens (including phenoxy) is 2. The molecule has 0 fully saturated rings. The van der Waals surface area contributed by atoms with Gasteiger partial charge in [-0.15, -0.1) is 0 Å². The van der Waals surface area contributed by atoms with Gasteiger partial charge in [-0.25, -0.2) is 0 Å². The number of hydrogen-bond donors (Lipinski definition) is 3. The Kier molecular flexibility index (Phi) is 4.79. The van der Waals surface area contributed by atoms with Crippen LogP contribution in [-0.2, 0) is 11.2 Å². The molecule has 4 N–H and O–H groups in total. The molecule has 6 nitrogen and oxygen atoms in total. The van der Waals surface area contributed by atoms with E-state index < -0.39 is 12.0 Å². The Hall–Kier alpha value is -1.95. The summed E-state index contributed by atoms with van der Waals surface area (Å²) in [6.07, 6.45) is 0.104. The van der Waals surface area contributed by atoms with Crippen LogP contribution in [0.15, 0.2) is 12.1 Å². The van der Waals surface area contributed by atoms with Crippen molar-refractivity contribution in [2.24, 2.45) is 5.73 Å². The van der Waals surface area contributed by atoms with Crippen LogP contribution in [0.4, 0.5) is 0 Å². The van der Waals surface area contributed by atoms with E-state index in [-0.39, 0.29) is 17.9 Å². The van der Waals surface area contributed by atoms with Crippen LogP contribution in [0, 0.1) is 0 Å². The summed E-state index contributed by atoms with van der Waals surface area (Å²) in [5.74, 6) is -0.601. The highest BCUT2D eigenvalue weighted by atomic mass is 16.5. The summed E-state index contributed by atoms with van der Waals surface area (Å²) in [6, 6.07) is 2.02. The van der Waals surface area contributed by atoms with Gasteiger partial charge in [0.25, 0.3) is 0 Å². The zero-order valence-electron chi connectivity index (χ0n) is 10.3. The van der Waals surface area contributed by atoms with E-state index in [9.17, 15) is 9.90 Å². The Balaban J connectivity index is 3.04. The van der Waals surface area contributed by atoms with Gasteiger partial charge >= 0.3 is 5.97 Å².